The molecule has 80 valence electrons. The first kappa shape index (κ1) is 10.8. The molecule has 3 nitrogen and oxygen atoms in total. The van der Waals surface area contributed by atoms with E-state index in [0.717, 1.165) is 18.6 Å². The van der Waals surface area contributed by atoms with Crippen LogP contribution in [0.4, 0.5) is 5.69 Å². The molecule has 1 fully saturated rings. The van der Waals surface area contributed by atoms with Gasteiger partial charge in [0, 0.05) is 0 Å². The van der Waals surface area contributed by atoms with Crippen molar-refractivity contribution in [3.63, 3.8) is 0 Å². The van der Waals surface area contributed by atoms with E-state index >= 15 is 0 Å². The third-order valence-electron chi connectivity index (χ3n) is 2.22. The molecule has 0 radical (unpaired) electrons. The predicted octanol–water partition coefficient (Wildman–Crippen LogP) is 2.57. The van der Waals surface area contributed by atoms with Gasteiger partial charge in [-0.05, 0) is 30.7 Å². The van der Waals surface area contributed by atoms with E-state index in [0.29, 0.717) is 10.8 Å². The Morgan fingerprint density at radius 1 is 1.60 bits per heavy atom. The zero-order chi connectivity index (χ0) is 10.7. The molecule has 1 aliphatic rings. The van der Waals surface area contributed by atoms with Crippen LogP contribution < -0.4 is 5.32 Å². The molecule has 1 saturated heterocycles. The molecule has 1 aliphatic heterocycles. The second-order valence-electron chi connectivity index (χ2n) is 3.36. The van der Waals surface area contributed by atoms with Gasteiger partial charge in [-0.15, -0.1) is 11.8 Å². The third-order valence-corrected chi connectivity index (χ3v) is 3.82. The highest BCUT2D eigenvalue weighted by atomic mass is 35.5. The van der Waals surface area contributed by atoms with Crippen molar-refractivity contribution in [1.82, 2.24) is 4.98 Å². The summed E-state index contributed by atoms with van der Waals surface area (Å²) in [5, 5.41) is 3.36. The fourth-order valence-corrected chi connectivity index (χ4v) is 2.73. The molecule has 2 rings (SSSR count). The number of carbonyl (C=O) groups excluding carboxylic acids is 1. The predicted molar refractivity (Wildman–Crippen MR) is 63.4 cm³/mol. The van der Waals surface area contributed by atoms with Gasteiger partial charge in [-0.2, -0.15) is 0 Å². The summed E-state index contributed by atoms with van der Waals surface area (Å²) in [5.74, 6) is 1.15. The third kappa shape index (κ3) is 2.86. The Kier molecular flexibility index (Phi) is 3.49. The summed E-state index contributed by atoms with van der Waals surface area (Å²) < 4.78 is 0. The molecule has 1 unspecified atom stereocenters. The van der Waals surface area contributed by atoms with E-state index in [-0.39, 0.29) is 11.2 Å². The van der Waals surface area contributed by atoms with Crippen LogP contribution in [-0.2, 0) is 4.79 Å². The minimum absolute atomic E-state index is 0.0709. The molecule has 0 saturated carbocycles. The Labute approximate surface area is 97.6 Å². The molecular formula is C10H11ClN2OS. The largest absolute Gasteiger partial charge is 0.324 e. The molecule has 5 heteroatoms. The normalized spacial score (nSPS) is 20.2. The van der Waals surface area contributed by atoms with Gasteiger partial charge in [0.15, 0.2) is 0 Å². The highest BCUT2D eigenvalue weighted by Crippen LogP contribution is 2.27. The van der Waals surface area contributed by atoms with E-state index in [1.165, 1.54) is 0 Å². The SMILES string of the molecule is O=C(Nc1ccc(Cl)nc1)C1CCCS1. The van der Waals surface area contributed by atoms with Crippen LogP contribution in [0.2, 0.25) is 5.15 Å². The number of rotatable bonds is 2. The number of thioether (sulfide) groups is 1. The van der Waals surface area contributed by atoms with Crippen LogP contribution >= 0.6 is 23.4 Å². The van der Waals surface area contributed by atoms with Crippen molar-refractivity contribution < 1.29 is 4.79 Å². The van der Waals surface area contributed by atoms with Gasteiger partial charge in [-0.3, -0.25) is 4.79 Å². The Morgan fingerprint density at radius 2 is 2.47 bits per heavy atom. The molecule has 0 bridgehead atoms. The quantitative estimate of drug-likeness (QED) is 0.811. The number of aromatic nitrogens is 1. The first-order chi connectivity index (χ1) is 7.25. The van der Waals surface area contributed by atoms with Gasteiger partial charge in [0.05, 0.1) is 17.1 Å². The highest BCUT2D eigenvalue weighted by molar-refractivity contribution is 8.00. The van der Waals surface area contributed by atoms with Crippen molar-refractivity contribution in [3.05, 3.63) is 23.5 Å². The number of anilines is 1. The lowest BCUT2D eigenvalue weighted by Gasteiger charge is -2.09. The molecule has 1 N–H and O–H groups in total. The Balaban J connectivity index is 1.96. The standard InChI is InChI=1S/C10H11ClN2OS/c11-9-4-3-7(6-12-9)13-10(14)8-2-1-5-15-8/h3-4,6,8H,1-2,5H2,(H,13,14). The molecule has 0 aromatic carbocycles. The minimum Gasteiger partial charge on any atom is -0.324 e. The highest BCUT2D eigenvalue weighted by Gasteiger charge is 2.23. The van der Waals surface area contributed by atoms with E-state index < -0.39 is 0 Å². The molecule has 15 heavy (non-hydrogen) atoms. The summed E-state index contributed by atoms with van der Waals surface area (Å²) in [4.78, 5) is 15.6. The fraction of sp³-hybridized carbons (Fsp3) is 0.400. The average Bonchev–Trinajstić information content (AvgIpc) is 2.74. The molecular weight excluding hydrogens is 232 g/mol. The topological polar surface area (TPSA) is 42.0 Å². The summed E-state index contributed by atoms with van der Waals surface area (Å²) in [6, 6.07) is 3.42. The number of hydrogen-bond acceptors (Lipinski definition) is 3. The summed E-state index contributed by atoms with van der Waals surface area (Å²) in [6.07, 6.45) is 3.67. The molecule has 0 aliphatic carbocycles. The van der Waals surface area contributed by atoms with Gasteiger partial charge in [0.2, 0.25) is 5.91 Å². The molecule has 1 aromatic heterocycles. The molecule has 0 spiro atoms. The molecule has 1 atom stereocenters. The van der Waals surface area contributed by atoms with Crippen LogP contribution in [0.15, 0.2) is 18.3 Å². The van der Waals surface area contributed by atoms with Crippen molar-refractivity contribution in [1.29, 1.82) is 0 Å². The lowest BCUT2D eigenvalue weighted by Crippen LogP contribution is -2.22. The lowest BCUT2D eigenvalue weighted by molar-refractivity contribution is -0.115. The number of amides is 1. The summed E-state index contributed by atoms with van der Waals surface area (Å²) in [7, 11) is 0. The zero-order valence-corrected chi connectivity index (χ0v) is 9.64. The van der Waals surface area contributed by atoms with Crippen LogP contribution in [0.3, 0.4) is 0 Å². The second-order valence-corrected chi connectivity index (χ2v) is 5.06. The van der Waals surface area contributed by atoms with Crippen molar-refractivity contribution >= 4 is 35.0 Å². The summed E-state index contributed by atoms with van der Waals surface area (Å²) >= 11 is 7.36. The van der Waals surface area contributed by atoms with E-state index in [1.54, 1.807) is 30.1 Å². The Bertz CT molecular complexity index is 349. The van der Waals surface area contributed by atoms with Gasteiger partial charge in [-0.25, -0.2) is 4.98 Å². The number of halogens is 1. The number of hydrogen-bond donors (Lipinski definition) is 1. The maximum atomic E-state index is 11.7. The fourth-order valence-electron chi connectivity index (χ4n) is 1.46. The lowest BCUT2D eigenvalue weighted by atomic mass is 10.2. The van der Waals surface area contributed by atoms with Crippen molar-refractivity contribution in [3.8, 4) is 0 Å². The van der Waals surface area contributed by atoms with Gasteiger partial charge < -0.3 is 5.32 Å². The van der Waals surface area contributed by atoms with E-state index in [1.807, 2.05) is 0 Å². The molecule has 1 aromatic rings. The summed E-state index contributed by atoms with van der Waals surface area (Å²) in [6.45, 7) is 0. The Morgan fingerprint density at radius 3 is 3.07 bits per heavy atom. The monoisotopic (exact) mass is 242 g/mol. The minimum atomic E-state index is 0.0709. The number of nitrogens with one attached hydrogen (secondary N) is 1. The van der Waals surface area contributed by atoms with Crippen LogP contribution in [-0.4, -0.2) is 21.9 Å². The molecule has 1 amide bonds. The summed E-state index contributed by atoms with van der Waals surface area (Å²) in [5.41, 5.74) is 0.705. The second kappa shape index (κ2) is 4.86. The Hall–Kier alpha value is -0.740. The van der Waals surface area contributed by atoms with Crippen LogP contribution in [0, 0.1) is 0 Å². The van der Waals surface area contributed by atoms with Crippen molar-refractivity contribution in [2.75, 3.05) is 11.1 Å². The zero-order valence-electron chi connectivity index (χ0n) is 8.07. The van der Waals surface area contributed by atoms with E-state index in [2.05, 4.69) is 10.3 Å². The first-order valence-corrected chi connectivity index (χ1v) is 6.22. The maximum absolute atomic E-state index is 11.7. The molecule has 2 heterocycles. The number of nitrogens with zero attached hydrogens (tertiary/aromatic N) is 1. The van der Waals surface area contributed by atoms with Gasteiger partial charge in [0.1, 0.15) is 5.15 Å². The smallest absolute Gasteiger partial charge is 0.237 e. The van der Waals surface area contributed by atoms with Crippen LogP contribution in [0.25, 0.3) is 0 Å². The van der Waals surface area contributed by atoms with Crippen molar-refractivity contribution in [2.24, 2.45) is 0 Å². The number of carbonyl (C=O) groups is 1. The van der Waals surface area contributed by atoms with Crippen LogP contribution in [0.5, 0.6) is 0 Å². The van der Waals surface area contributed by atoms with E-state index in [9.17, 15) is 4.79 Å². The average molecular weight is 243 g/mol. The number of pyridine rings is 1. The van der Waals surface area contributed by atoms with E-state index in [4.69, 9.17) is 11.6 Å². The van der Waals surface area contributed by atoms with Gasteiger partial charge in [-0.1, -0.05) is 11.6 Å². The van der Waals surface area contributed by atoms with Gasteiger partial charge >= 0.3 is 0 Å². The maximum Gasteiger partial charge on any atom is 0.237 e. The van der Waals surface area contributed by atoms with Crippen LogP contribution in [0.1, 0.15) is 12.8 Å². The van der Waals surface area contributed by atoms with Gasteiger partial charge in [0.25, 0.3) is 0 Å². The van der Waals surface area contributed by atoms with Crippen molar-refractivity contribution in [2.45, 2.75) is 18.1 Å². The first-order valence-electron chi connectivity index (χ1n) is 4.80.